The number of carboxylic acid groups (broad SMARTS) is 1. The van der Waals surface area contributed by atoms with Crippen molar-refractivity contribution in [3.05, 3.63) is 47.3 Å². The number of ether oxygens (including phenoxy) is 2. The van der Waals surface area contributed by atoms with E-state index in [-0.39, 0.29) is 25.2 Å². The number of halogens is 4. The largest absolute Gasteiger partial charge is 0.574 e. The highest BCUT2D eigenvalue weighted by atomic mass is 19.4. The lowest BCUT2D eigenvalue weighted by Gasteiger charge is -2.27. The van der Waals surface area contributed by atoms with Crippen LogP contribution in [0.15, 0.2) is 30.3 Å². The lowest BCUT2D eigenvalue weighted by molar-refractivity contribution is -0.276. The van der Waals surface area contributed by atoms with Gasteiger partial charge < -0.3 is 30.1 Å². The fourth-order valence-electron chi connectivity index (χ4n) is 5.37. The van der Waals surface area contributed by atoms with Crippen LogP contribution < -0.4 is 15.4 Å². The Hall–Kier alpha value is -3.52. The number of unbranched alkanes of at least 4 members (excludes halogenated alkanes) is 1. The Labute approximate surface area is 253 Å². The van der Waals surface area contributed by atoms with E-state index in [1.807, 2.05) is 11.0 Å². The predicted molar refractivity (Wildman–Crippen MR) is 153 cm³/mol. The van der Waals surface area contributed by atoms with Gasteiger partial charge in [0.1, 0.15) is 18.5 Å². The monoisotopic (exact) mass is 625 g/mol. The zero-order valence-corrected chi connectivity index (χ0v) is 24.7. The third kappa shape index (κ3) is 9.24. The molecule has 242 valence electrons. The molecule has 1 aliphatic heterocycles. The van der Waals surface area contributed by atoms with Gasteiger partial charge in [0.25, 0.3) is 0 Å². The van der Waals surface area contributed by atoms with Crippen molar-refractivity contribution in [1.82, 2.24) is 20.2 Å². The number of nitrogens with one attached hydrogen (secondary N) is 2. The minimum Gasteiger partial charge on any atom is -0.480 e. The molecule has 0 saturated heterocycles. The number of aromatic nitrogens is 2. The summed E-state index contributed by atoms with van der Waals surface area (Å²) < 4.78 is 60.6. The fraction of sp³-hybridized carbons (Fsp3) is 0.600. The van der Waals surface area contributed by atoms with Crippen molar-refractivity contribution in [3.63, 3.8) is 0 Å². The van der Waals surface area contributed by atoms with Crippen LogP contribution in [0.25, 0.3) is 0 Å². The van der Waals surface area contributed by atoms with Crippen molar-refractivity contribution in [2.24, 2.45) is 0 Å². The molecule has 44 heavy (non-hydrogen) atoms. The minimum atomic E-state index is -4.94. The maximum Gasteiger partial charge on any atom is 0.574 e. The number of fused-ring (bicyclic) bond motifs is 1. The van der Waals surface area contributed by atoms with Crippen LogP contribution in [-0.2, 0) is 32.6 Å². The molecule has 2 aliphatic rings. The summed E-state index contributed by atoms with van der Waals surface area (Å²) in [6.45, 7) is 1.26. The fourth-order valence-corrected chi connectivity index (χ4v) is 5.37. The number of anilines is 1. The van der Waals surface area contributed by atoms with Crippen LogP contribution in [0.2, 0.25) is 0 Å². The first-order chi connectivity index (χ1) is 21.0. The molecule has 2 atom stereocenters. The number of hydrogen-bond donors (Lipinski definition) is 3. The first-order valence-corrected chi connectivity index (χ1v) is 14.8. The Morgan fingerprint density at radius 3 is 2.64 bits per heavy atom. The van der Waals surface area contributed by atoms with Crippen LogP contribution in [0.5, 0.6) is 5.88 Å². The van der Waals surface area contributed by atoms with Crippen molar-refractivity contribution in [1.29, 1.82) is 0 Å². The second kappa shape index (κ2) is 15.0. The normalized spacial score (nSPS) is 16.9. The Balaban J connectivity index is 1.33. The number of amides is 1. The molecule has 1 fully saturated rings. The zero-order chi connectivity index (χ0) is 31.7. The van der Waals surface area contributed by atoms with Crippen LogP contribution in [0.3, 0.4) is 0 Å². The van der Waals surface area contributed by atoms with Gasteiger partial charge in [0, 0.05) is 38.5 Å². The van der Waals surface area contributed by atoms with E-state index in [9.17, 15) is 32.3 Å². The molecule has 14 heteroatoms. The van der Waals surface area contributed by atoms with Crippen LogP contribution in [0.4, 0.5) is 23.4 Å². The predicted octanol–water partition coefficient (Wildman–Crippen LogP) is 4.03. The molecule has 1 saturated carbocycles. The number of alkyl halides is 4. The third-order valence-corrected chi connectivity index (χ3v) is 8.03. The summed E-state index contributed by atoms with van der Waals surface area (Å²) in [5.74, 6) is -1.64. The maximum absolute atomic E-state index is 13.5. The molecule has 0 unspecified atom stereocenters. The van der Waals surface area contributed by atoms with Crippen LogP contribution in [0.1, 0.15) is 55.5 Å². The summed E-state index contributed by atoms with van der Waals surface area (Å²) in [5.41, 5.74) is 1.05. The molecular weight excluding hydrogens is 586 g/mol. The highest BCUT2D eigenvalue weighted by molar-refractivity contribution is 5.93. The molecule has 0 bridgehead atoms. The van der Waals surface area contributed by atoms with Gasteiger partial charge in [0.15, 0.2) is 0 Å². The number of aryl methyl sites for hydroxylation is 2. The van der Waals surface area contributed by atoms with Gasteiger partial charge in [-0.1, -0.05) is 12.1 Å². The van der Waals surface area contributed by atoms with E-state index in [0.717, 1.165) is 56.2 Å². The van der Waals surface area contributed by atoms with Crippen LogP contribution >= 0.6 is 0 Å². The van der Waals surface area contributed by atoms with E-state index >= 15 is 0 Å². The second-order valence-corrected chi connectivity index (χ2v) is 11.3. The van der Waals surface area contributed by atoms with Gasteiger partial charge in [-0.05, 0) is 75.6 Å². The van der Waals surface area contributed by atoms with E-state index in [0.29, 0.717) is 19.4 Å². The minimum absolute atomic E-state index is 0.0303. The first kappa shape index (κ1) is 33.4. The molecule has 0 aromatic carbocycles. The van der Waals surface area contributed by atoms with E-state index in [4.69, 9.17) is 9.72 Å². The number of carbonyl (C=O) groups is 2. The molecule has 0 spiro atoms. The SMILES string of the molecule is CO[C@H](CF)CN(CCCCc1ccc2c(n1)NCCC2)CC[C@H](NC(=O)C1(c2cccc(OC(F)(F)F)n2)CC1)C(=O)O. The summed E-state index contributed by atoms with van der Waals surface area (Å²) in [6.07, 6.45) is -0.545. The summed E-state index contributed by atoms with van der Waals surface area (Å²) in [5, 5.41) is 15.8. The number of pyridine rings is 2. The summed E-state index contributed by atoms with van der Waals surface area (Å²) in [7, 11) is 1.41. The average molecular weight is 626 g/mol. The van der Waals surface area contributed by atoms with Gasteiger partial charge >= 0.3 is 12.3 Å². The average Bonchev–Trinajstić information content (AvgIpc) is 3.81. The summed E-state index contributed by atoms with van der Waals surface area (Å²) in [4.78, 5) is 35.8. The van der Waals surface area contributed by atoms with Gasteiger partial charge in [0.2, 0.25) is 11.8 Å². The van der Waals surface area contributed by atoms with E-state index in [1.54, 1.807) is 0 Å². The smallest absolute Gasteiger partial charge is 0.480 e. The Morgan fingerprint density at radius 2 is 1.95 bits per heavy atom. The quantitative estimate of drug-likeness (QED) is 0.177. The molecule has 4 rings (SSSR count). The zero-order valence-electron chi connectivity index (χ0n) is 24.7. The maximum atomic E-state index is 13.5. The molecule has 2 aromatic heterocycles. The highest BCUT2D eigenvalue weighted by Crippen LogP contribution is 2.48. The number of carboxylic acids is 1. The number of rotatable bonds is 17. The number of carbonyl (C=O) groups excluding carboxylic acids is 1. The van der Waals surface area contributed by atoms with Crippen molar-refractivity contribution >= 4 is 17.7 Å². The lowest BCUT2D eigenvalue weighted by Crippen LogP contribution is -2.48. The van der Waals surface area contributed by atoms with Gasteiger partial charge in [-0.2, -0.15) is 0 Å². The van der Waals surface area contributed by atoms with Crippen molar-refractivity contribution in [3.8, 4) is 5.88 Å². The number of hydrogen-bond acceptors (Lipinski definition) is 8. The Bertz CT molecular complexity index is 1270. The lowest BCUT2D eigenvalue weighted by atomic mass is 9.99. The number of aliphatic carboxylic acids is 1. The van der Waals surface area contributed by atoms with E-state index < -0.39 is 48.4 Å². The Kier molecular flexibility index (Phi) is 11.4. The highest BCUT2D eigenvalue weighted by Gasteiger charge is 2.53. The van der Waals surface area contributed by atoms with Crippen LogP contribution in [0, 0.1) is 0 Å². The molecule has 2 aromatic rings. The first-order valence-electron chi connectivity index (χ1n) is 14.8. The van der Waals surface area contributed by atoms with Gasteiger partial charge in [0.05, 0.1) is 17.2 Å². The topological polar surface area (TPSA) is 126 Å². The van der Waals surface area contributed by atoms with Gasteiger partial charge in [-0.15, -0.1) is 13.2 Å². The molecule has 3 N–H and O–H groups in total. The molecule has 1 aliphatic carbocycles. The molecule has 10 nitrogen and oxygen atoms in total. The van der Waals surface area contributed by atoms with Gasteiger partial charge in [-0.3, -0.25) is 4.79 Å². The van der Waals surface area contributed by atoms with Crippen molar-refractivity contribution < 1.29 is 41.7 Å². The standard InChI is InChI=1S/C30H39F4N5O5/c1-43-22(18-31)19-39(16-3-2-7-21-11-10-20-6-5-15-35-26(20)36-21)17-12-23(27(40)41)37-28(42)29(13-14-29)24-8-4-9-25(38-24)44-30(32,33)34/h4,8-11,22-23H,2-3,5-7,12-19H2,1H3,(H,35,36)(H,37,42)(H,40,41)/t22-,23+/m1/s1. The molecule has 0 radical (unpaired) electrons. The second-order valence-electron chi connectivity index (χ2n) is 11.3. The Morgan fingerprint density at radius 1 is 1.16 bits per heavy atom. The number of nitrogens with zero attached hydrogens (tertiary/aromatic N) is 3. The summed E-state index contributed by atoms with van der Waals surface area (Å²) >= 11 is 0. The molecule has 1 amide bonds. The number of methoxy groups -OCH3 is 1. The van der Waals surface area contributed by atoms with Crippen LogP contribution in [-0.4, -0.2) is 90.3 Å². The third-order valence-electron chi connectivity index (χ3n) is 8.03. The van der Waals surface area contributed by atoms with E-state index in [1.165, 1.54) is 24.8 Å². The van der Waals surface area contributed by atoms with Gasteiger partial charge in [-0.25, -0.2) is 19.2 Å². The van der Waals surface area contributed by atoms with Crippen molar-refractivity contribution in [2.75, 3.05) is 45.3 Å². The summed E-state index contributed by atoms with van der Waals surface area (Å²) in [6, 6.07) is 6.64. The van der Waals surface area contributed by atoms with E-state index in [2.05, 4.69) is 26.4 Å². The molecule has 3 heterocycles. The van der Waals surface area contributed by atoms with Crippen molar-refractivity contribution in [2.45, 2.75) is 75.3 Å². The molecular formula is C30H39F4N5O5.